The van der Waals surface area contributed by atoms with Gasteiger partial charge in [0.2, 0.25) is 11.9 Å². The van der Waals surface area contributed by atoms with Crippen molar-refractivity contribution in [3.05, 3.63) is 57.8 Å². The number of nitrogens with one attached hydrogen (secondary N) is 1. The van der Waals surface area contributed by atoms with E-state index in [1.807, 2.05) is 13.8 Å². The molecule has 0 saturated heterocycles. The van der Waals surface area contributed by atoms with Crippen molar-refractivity contribution in [1.82, 2.24) is 24.5 Å². The normalized spacial score (nSPS) is 10.9. The smallest absolute Gasteiger partial charge is 0.248 e. The SMILES string of the molecule is Cc1nn(CC(=O)Nc2ncn(Cc3ccccc3F)n2)c(C)c1Br. The summed E-state index contributed by atoms with van der Waals surface area (Å²) < 4.78 is 17.6. The third-order valence-corrected chi connectivity index (χ3v) is 4.81. The van der Waals surface area contributed by atoms with Crippen LogP contribution in [0.15, 0.2) is 35.1 Å². The van der Waals surface area contributed by atoms with E-state index in [0.29, 0.717) is 5.56 Å². The van der Waals surface area contributed by atoms with Gasteiger partial charge >= 0.3 is 0 Å². The predicted octanol–water partition coefficient (Wildman–Crippen LogP) is 2.68. The van der Waals surface area contributed by atoms with E-state index in [4.69, 9.17) is 0 Å². The number of carbonyl (C=O) groups excluding carboxylic acids is 1. The summed E-state index contributed by atoms with van der Waals surface area (Å²) in [7, 11) is 0. The van der Waals surface area contributed by atoms with Crippen molar-refractivity contribution in [3.8, 4) is 0 Å². The van der Waals surface area contributed by atoms with Crippen LogP contribution in [0.5, 0.6) is 0 Å². The molecule has 2 heterocycles. The lowest BCUT2D eigenvalue weighted by molar-refractivity contribution is -0.117. The van der Waals surface area contributed by atoms with Crippen molar-refractivity contribution in [2.75, 3.05) is 5.32 Å². The maximum atomic E-state index is 13.7. The van der Waals surface area contributed by atoms with Crippen molar-refractivity contribution in [3.63, 3.8) is 0 Å². The summed E-state index contributed by atoms with van der Waals surface area (Å²) in [4.78, 5) is 16.2. The molecule has 1 N–H and O–H groups in total. The van der Waals surface area contributed by atoms with Gasteiger partial charge in [-0.3, -0.25) is 14.8 Å². The van der Waals surface area contributed by atoms with E-state index >= 15 is 0 Å². The summed E-state index contributed by atoms with van der Waals surface area (Å²) in [5.41, 5.74) is 2.18. The molecule has 25 heavy (non-hydrogen) atoms. The van der Waals surface area contributed by atoms with Gasteiger partial charge in [0.1, 0.15) is 18.7 Å². The van der Waals surface area contributed by atoms with E-state index in [-0.39, 0.29) is 30.8 Å². The van der Waals surface area contributed by atoms with Gasteiger partial charge in [-0.25, -0.2) is 14.1 Å². The Morgan fingerprint density at radius 2 is 2.04 bits per heavy atom. The highest BCUT2D eigenvalue weighted by Gasteiger charge is 2.13. The Bertz CT molecular complexity index is 919. The Balaban J connectivity index is 1.64. The van der Waals surface area contributed by atoms with Crippen LogP contribution in [0.2, 0.25) is 0 Å². The van der Waals surface area contributed by atoms with Crippen molar-refractivity contribution in [1.29, 1.82) is 0 Å². The van der Waals surface area contributed by atoms with Gasteiger partial charge in [-0.05, 0) is 35.8 Å². The molecule has 9 heteroatoms. The summed E-state index contributed by atoms with van der Waals surface area (Å²) in [5, 5.41) is 11.0. The number of nitrogens with zero attached hydrogens (tertiary/aromatic N) is 5. The number of rotatable bonds is 5. The molecule has 0 bridgehead atoms. The topological polar surface area (TPSA) is 77.6 Å². The molecule has 0 aliphatic rings. The maximum Gasteiger partial charge on any atom is 0.248 e. The second-order valence-electron chi connectivity index (χ2n) is 5.55. The van der Waals surface area contributed by atoms with Crippen LogP contribution in [0, 0.1) is 19.7 Å². The van der Waals surface area contributed by atoms with Crippen LogP contribution in [-0.4, -0.2) is 30.5 Å². The van der Waals surface area contributed by atoms with Gasteiger partial charge in [0.25, 0.3) is 0 Å². The molecule has 2 aromatic heterocycles. The minimum absolute atomic E-state index is 0.0557. The molecular weight excluding hydrogens is 391 g/mol. The number of halogens is 2. The van der Waals surface area contributed by atoms with Gasteiger partial charge < -0.3 is 0 Å². The molecule has 0 aliphatic heterocycles. The fourth-order valence-electron chi connectivity index (χ4n) is 2.36. The second kappa shape index (κ2) is 7.14. The number of hydrogen-bond donors (Lipinski definition) is 1. The lowest BCUT2D eigenvalue weighted by Crippen LogP contribution is -2.21. The highest BCUT2D eigenvalue weighted by Crippen LogP contribution is 2.19. The van der Waals surface area contributed by atoms with Crippen LogP contribution < -0.4 is 5.32 Å². The summed E-state index contributed by atoms with van der Waals surface area (Å²) in [6.45, 7) is 4.02. The molecule has 0 fully saturated rings. The number of aryl methyl sites for hydroxylation is 1. The minimum atomic E-state index is -0.307. The van der Waals surface area contributed by atoms with E-state index in [2.05, 4.69) is 36.4 Å². The zero-order chi connectivity index (χ0) is 18.0. The van der Waals surface area contributed by atoms with Gasteiger partial charge in [0.15, 0.2) is 0 Å². The Hall–Kier alpha value is -2.55. The van der Waals surface area contributed by atoms with Crippen molar-refractivity contribution >= 4 is 27.8 Å². The monoisotopic (exact) mass is 406 g/mol. The van der Waals surface area contributed by atoms with Crippen molar-refractivity contribution in [2.24, 2.45) is 0 Å². The van der Waals surface area contributed by atoms with Crippen LogP contribution in [0.1, 0.15) is 17.0 Å². The van der Waals surface area contributed by atoms with Crippen molar-refractivity contribution in [2.45, 2.75) is 26.9 Å². The van der Waals surface area contributed by atoms with Gasteiger partial charge in [0.05, 0.1) is 22.4 Å². The fourth-order valence-corrected chi connectivity index (χ4v) is 2.64. The zero-order valence-corrected chi connectivity index (χ0v) is 15.3. The lowest BCUT2D eigenvalue weighted by atomic mass is 10.2. The molecule has 0 aliphatic carbocycles. The van der Waals surface area contributed by atoms with E-state index < -0.39 is 0 Å². The van der Waals surface area contributed by atoms with Crippen LogP contribution in [-0.2, 0) is 17.9 Å². The van der Waals surface area contributed by atoms with Crippen LogP contribution in [0.4, 0.5) is 10.3 Å². The van der Waals surface area contributed by atoms with Crippen LogP contribution in [0.25, 0.3) is 0 Å². The Morgan fingerprint density at radius 1 is 1.28 bits per heavy atom. The third kappa shape index (κ3) is 3.93. The van der Waals surface area contributed by atoms with Gasteiger partial charge in [-0.15, -0.1) is 5.10 Å². The van der Waals surface area contributed by atoms with E-state index in [1.54, 1.807) is 22.9 Å². The molecule has 0 atom stereocenters. The molecule has 0 unspecified atom stereocenters. The second-order valence-corrected chi connectivity index (χ2v) is 6.34. The number of hydrogen-bond acceptors (Lipinski definition) is 4. The molecule has 3 rings (SSSR count). The standard InChI is InChI=1S/C16H16BrFN6O/c1-10-15(17)11(2)24(21-10)8-14(25)20-16-19-9-23(22-16)7-12-5-3-4-6-13(12)18/h3-6,9H,7-8H2,1-2H3,(H,20,22,25). The molecule has 130 valence electrons. The van der Waals surface area contributed by atoms with E-state index in [1.165, 1.54) is 17.1 Å². The number of anilines is 1. The van der Waals surface area contributed by atoms with Gasteiger partial charge in [0, 0.05) is 5.56 Å². The Kier molecular flexibility index (Phi) is 4.93. The summed E-state index contributed by atoms with van der Waals surface area (Å²) >= 11 is 3.42. The Morgan fingerprint density at radius 3 is 2.72 bits per heavy atom. The third-order valence-electron chi connectivity index (χ3n) is 3.66. The van der Waals surface area contributed by atoms with Gasteiger partial charge in [-0.1, -0.05) is 18.2 Å². The first kappa shape index (κ1) is 17.3. The van der Waals surface area contributed by atoms with Crippen LogP contribution in [0.3, 0.4) is 0 Å². The molecule has 1 amide bonds. The largest absolute Gasteiger partial charge is 0.292 e. The summed E-state index contributed by atoms with van der Waals surface area (Å²) in [6.07, 6.45) is 1.45. The maximum absolute atomic E-state index is 13.7. The first-order chi connectivity index (χ1) is 11.9. The fraction of sp³-hybridized carbons (Fsp3) is 0.250. The molecule has 1 aromatic carbocycles. The molecule has 3 aromatic rings. The van der Waals surface area contributed by atoms with E-state index in [9.17, 15) is 9.18 Å². The molecule has 0 saturated carbocycles. The van der Waals surface area contributed by atoms with Crippen molar-refractivity contribution < 1.29 is 9.18 Å². The molecule has 0 radical (unpaired) electrons. The molecule has 0 spiro atoms. The minimum Gasteiger partial charge on any atom is -0.292 e. The zero-order valence-electron chi connectivity index (χ0n) is 13.7. The molecule has 7 nitrogen and oxygen atoms in total. The summed E-state index contributed by atoms with van der Waals surface area (Å²) in [5.74, 6) is -0.428. The average Bonchev–Trinajstić information content (AvgIpc) is 3.10. The highest BCUT2D eigenvalue weighted by molar-refractivity contribution is 9.10. The number of benzene rings is 1. The highest BCUT2D eigenvalue weighted by atomic mass is 79.9. The number of carbonyl (C=O) groups is 1. The van der Waals surface area contributed by atoms with E-state index in [0.717, 1.165) is 15.9 Å². The first-order valence-corrected chi connectivity index (χ1v) is 8.35. The van der Waals surface area contributed by atoms with Gasteiger partial charge in [-0.2, -0.15) is 5.10 Å². The quantitative estimate of drug-likeness (QED) is 0.706. The molecular formula is C16H16BrFN6O. The lowest BCUT2D eigenvalue weighted by Gasteiger charge is -2.04. The summed E-state index contributed by atoms with van der Waals surface area (Å²) in [6, 6.07) is 6.45. The number of amides is 1. The number of aromatic nitrogens is 5. The van der Waals surface area contributed by atoms with Crippen LogP contribution >= 0.6 is 15.9 Å². The first-order valence-electron chi connectivity index (χ1n) is 7.56. The predicted molar refractivity (Wildman–Crippen MR) is 93.6 cm³/mol. The Labute approximate surface area is 152 Å². The average molecular weight is 407 g/mol.